The van der Waals surface area contributed by atoms with E-state index < -0.39 is 53.4 Å². The second kappa shape index (κ2) is 9.53. The van der Waals surface area contributed by atoms with Gasteiger partial charge in [0, 0.05) is 25.8 Å². The number of nitro benzene ring substituents is 1. The van der Waals surface area contributed by atoms with Crippen LogP contribution < -0.4 is 4.74 Å². The molecule has 0 spiro atoms. The molecule has 1 aliphatic heterocycles. The second-order valence-corrected chi connectivity index (χ2v) is 6.80. The number of nitrogens with zero attached hydrogens (tertiary/aromatic N) is 1. The predicted octanol–water partition coefficient (Wildman–Crippen LogP) is 1.68. The third-order valence-electron chi connectivity index (χ3n) is 4.46. The third-order valence-corrected chi connectivity index (χ3v) is 4.46. The van der Waals surface area contributed by atoms with Gasteiger partial charge in [0.25, 0.3) is 0 Å². The lowest BCUT2D eigenvalue weighted by molar-refractivity contribution is -0.387. The van der Waals surface area contributed by atoms with Crippen molar-refractivity contribution in [3.63, 3.8) is 0 Å². The Morgan fingerprint density at radius 3 is 2.23 bits per heavy atom. The minimum absolute atomic E-state index is 0.174. The van der Waals surface area contributed by atoms with Crippen LogP contribution >= 0.6 is 0 Å². The van der Waals surface area contributed by atoms with Gasteiger partial charge in [-0.3, -0.25) is 19.7 Å². The van der Waals surface area contributed by atoms with Gasteiger partial charge in [0.15, 0.2) is 18.0 Å². The van der Waals surface area contributed by atoms with Crippen molar-refractivity contribution in [2.45, 2.75) is 52.3 Å². The lowest BCUT2D eigenvalue weighted by Crippen LogP contribution is -2.60. The Kier molecular flexibility index (Phi) is 7.33. The molecule has 11 nitrogen and oxygen atoms in total. The van der Waals surface area contributed by atoms with E-state index in [4.69, 9.17) is 23.7 Å². The highest BCUT2D eigenvalue weighted by molar-refractivity contribution is 5.75. The maximum Gasteiger partial charge on any atom is 0.335 e. The Bertz CT molecular complexity index is 839. The molecular formula is C19H23NO10. The standard InChI is InChI=1S/C19H23NO10/c1-9-6-7-14(13(8-9)20(24)25)29-19-17(28-12(4)22)15(27-11(3)21)10(2)16(30-19)18(23)26-5/h6-8,10,15-17,19H,1-5H3/t10-,15-,16-,17+,19+/m0/s1. The molecule has 0 radical (unpaired) electrons. The zero-order valence-electron chi connectivity index (χ0n) is 17.1. The summed E-state index contributed by atoms with van der Waals surface area (Å²) in [5.74, 6) is -3.12. The van der Waals surface area contributed by atoms with Gasteiger partial charge in [-0.15, -0.1) is 0 Å². The topological polar surface area (TPSA) is 141 Å². The molecule has 1 aromatic rings. The SMILES string of the molecule is COC(=O)[C@H]1O[C@@H](Oc2ccc(C)cc2[N+](=O)[O-])[C@H](OC(C)=O)[C@@H](OC(C)=O)[C@@H]1C. The summed E-state index contributed by atoms with van der Waals surface area (Å²) in [6.45, 7) is 5.51. The van der Waals surface area contributed by atoms with E-state index in [1.54, 1.807) is 19.9 Å². The quantitative estimate of drug-likeness (QED) is 0.286. The largest absolute Gasteiger partial charge is 0.467 e. The minimum atomic E-state index is -1.49. The van der Waals surface area contributed by atoms with Gasteiger partial charge in [0.05, 0.1) is 12.0 Å². The summed E-state index contributed by atoms with van der Waals surface area (Å²) in [4.78, 5) is 46.3. The monoisotopic (exact) mass is 425 g/mol. The molecule has 1 saturated heterocycles. The average Bonchev–Trinajstić information content (AvgIpc) is 2.66. The van der Waals surface area contributed by atoms with Crippen LogP contribution in [0.25, 0.3) is 0 Å². The molecule has 0 saturated carbocycles. The van der Waals surface area contributed by atoms with Crippen LogP contribution in [0.2, 0.25) is 0 Å². The van der Waals surface area contributed by atoms with Crippen molar-refractivity contribution < 1.29 is 43.0 Å². The molecule has 164 valence electrons. The molecule has 11 heteroatoms. The van der Waals surface area contributed by atoms with Gasteiger partial charge in [-0.05, 0) is 18.6 Å². The number of benzene rings is 1. The first-order valence-electron chi connectivity index (χ1n) is 9.04. The van der Waals surface area contributed by atoms with Crippen LogP contribution in [0.4, 0.5) is 5.69 Å². The summed E-state index contributed by atoms with van der Waals surface area (Å²) in [5.41, 5.74) is 0.270. The summed E-state index contributed by atoms with van der Waals surface area (Å²) in [5, 5.41) is 11.4. The fraction of sp³-hybridized carbons (Fsp3) is 0.526. The first-order valence-corrected chi connectivity index (χ1v) is 9.04. The summed E-state index contributed by atoms with van der Waals surface area (Å²) in [6.07, 6.45) is -5.14. The number of carbonyl (C=O) groups is 3. The number of esters is 3. The first-order chi connectivity index (χ1) is 14.0. The van der Waals surface area contributed by atoms with Crippen LogP contribution in [0.3, 0.4) is 0 Å². The van der Waals surface area contributed by atoms with Gasteiger partial charge in [0.2, 0.25) is 12.4 Å². The number of nitro groups is 1. The first kappa shape index (κ1) is 23.1. The molecular weight excluding hydrogens is 402 g/mol. The highest BCUT2D eigenvalue weighted by Gasteiger charge is 2.52. The van der Waals surface area contributed by atoms with Gasteiger partial charge in [-0.1, -0.05) is 13.0 Å². The van der Waals surface area contributed by atoms with Crippen LogP contribution in [-0.2, 0) is 33.3 Å². The smallest absolute Gasteiger partial charge is 0.335 e. The van der Waals surface area contributed by atoms with Crippen LogP contribution in [0, 0.1) is 23.0 Å². The molecule has 1 aromatic carbocycles. The number of hydrogen-bond donors (Lipinski definition) is 0. The minimum Gasteiger partial charge on any atom is -0.467 e. The van der Waals surface area contributed by atoms with Crippen molar-refractivity contribution in [3.05, 3.63) is 33.9 Å². The molecule has 0 amide bonds. The van der Waals surface area contributed by atoms with E-state index in [0.717, 1.165) is 21.0 Å². The molecule has 1 fully saturated rings. The van der Waals surface area contributed by atoms with Crippen molar-refractivity contribution in [1.82, 2.24) is 0 Å². The molecule has 0 aliphatic carbocycles. The zero-order valence-corrected chi connectivity index (χ0v) is 17.1. The Balaban J connectivity index is 2.49. The third kappa shape index (κ3) is 5.23. The van der Waals surface area contributed by atoms with Crippen LogP contribution in [0.15, 0.2) is 18.2 Å². The van der Waals surface area contributed by atoms with E-state index in [0.29, 0.717) is 5.56 Å². The fourth-order valence-electron chi connectivity index (χ4n) is 3.13. The normalized spacial score (nSPS) is 25.7. The lowest BCUT2D eigenvalue weighted by Gasteiger charge is -2.42. The van der Waals surface area contributed by atoms with Crippen molar-refractivity contribution in [2.24, 2.45) is 5.92 Å². The van der Waals surface area contributed by atoms with Crippen molar-refractivity contribution in [2.75, 3.05) is 7.11 Å². The molecule has 0 bridgehead atoms. The molecule has 5 atom stereocenters. The highest BCUT2D eigenvalue weighted by atomic mass is 16.7. The molecule has 2 rings (SSSR count). The predicted molar refractivity (Wildman–Crippen MR) is 99.4 cm³/mol. The van der Waals surface area contributed by atoms with Gasteiger partial charge < -0.3 is 23.7 Å². The Morgan fingerprint density at radius 2 is 1.70 bits per heavy atom. The highest BCUT2D eigenvalue weighted by Crippen LogP contribution is 2.35. The number of rotatable bonds is 6. The summed E-state index contributed by atoms with van der Waals surface area (Å²) < 4.78 is 26.6. The van der Waals surface area contributed by atoms with Crippen LogP contribution in [0.5, 0.6) is 5.75 Å². The number of ether oxygens (including phenoxy) is 5. The number of methoxy groups -OCH3 is 1. The van der Waals surface area contributed by atoms with E-state index >= 15 is 0 Å². The second-order valence-electron chi connectivity index (χ2n) is 6.80. The zero-order chi connectivity index (χ0) is 22.6. The van der Waals surface area contributed by atoms with E-state index in [-0.39, 0.29) is 11.4 Å². The Morgan fingerprint density at radius 1 is 1.10 bits per heavy atom. The molecule has 1 heterocycles. The van der Waals surface area contributed by atoms with E-state index in [9.17, 15) is 24.5 Å². The van der Waals surface area contributed by atoms with Gasteiger partial charge >= 0.3 is 23.6 Å². The number of carbonyl (C=O) groups excluding carboxylic acids is 3. The van der Waals surface area contributed by atoms with Crippen LogP contribution in [0.1, 0.15) is 26.3 Å². The van der Waals surface area contributed by atoms with Gasteiger partial charge in [0.1, 0.15) is 0 Å². The lowest BCUT2D eigenvalue weighted by atomic mass is 9.90. The van der Waals surface area contributed by atoms with Crippen molar-refractivity contribution in [3.8, 4) is 5.75 Å². The summed E-state index contributed by atoms with van der Waals surface area (Å²) in [7, 11) is 1.15. The van der Waals surface area contributed by atoms with E-state index in [1.165, 1.54) is 12.1 Å². The maximum absolute atomic E-state index is 12.2. The Hall–Kier alpha value is -3.21. The Labute approximate surface area is 172 Å². The van der Waals surface area contributed by atoms with Gasteiger partial charge in [-0.2, -0.15) is 0 Å². The fourth-order valence-corrected chi connectivity index (χ4v) is 3.13. The maximum atomic E-state index is 12.2. The number of aryl methyl sites for hydroxylation is 1. The summed E-state index contributed by atoms with van der Waals surface area (Å²) in [6, 6.07) is 4.23. The molecule has 0 aromatic heterocycles. The van der Waals surface area contributed by atoms with E-state index in [2.05, 4.69) is 0 Å². The molecule has 0 N–H and O–H groups in total. The van der Waals surface area contributed by atoms with Crippen LogP contribution in [-0.4, -0.2) is 54.5 Å². The van der Waals surface area contributed by atoms with E-state index in [1.807, 2.05) is 0 Å². The number of hydrogen-bond acceptors (Lipinski definition) is 10. The molecule has 1 aliphatic rings. The summed E-state index contributed by atoms with van der Waals surface area (Å²) >= 11 is 0. The van der Waals surface area contributed by atoms with Gasteiger partial charge in [-0.25, -0.2) is 4.79 Å². The molecule has 30 heavy (non-hydrogen) atoms. The van der Waals surface area contributed by atoms with Crippen molar-refractivity contribution in [1.29, 1.82) is 0 Å². The molecule has 0 unspecified atom stereocenters. The van der Waals surface area contributed by atoms with Crippen molar-refractivity contribution >= 4 is 23.6 Å². The average molecular weight is 425 g/mol.